The molecule has 7 heteroatoms. The van der Waals surface area contributed by atoms with Crippen molar-refractivity contribution in [2.75, 3.05) is 5.32 Å². The van der Waals surface area contributed by atoms with Gasteiger partial charge in [0.15, 0.2) is 0 Å². The zero-order valence-corrected chi connectivity index (χ0v) is 14.6. The first kappa shape index (κ1) is 17.0. The maximum absolute atomic E-state index is 12.1. The number of urea groups is 1. The Balaban J connectivity index is 1.59. The van der Waals surface area contributed by atoms with Crippen LogP contribution in [0.15, 0.2) is 22.7 Å². The molecule has 0 spiro atoms. The molecule has 0 saturated carbocycles. The highest BCUT2D eigenvalue weighted by Crippen LogP contribution is 2.26. The van der Waals surface area contributed by atoms with E-state index in [2.05, 4.69) is 21.1 Å². The Kier molecular flexibility index (Phi) is 4.74. The molecule has 1 aliphatic rings. The second-order valence-electron chi connectivity index (χ2n) is 6.32. The minimum absolute atomic E-state index is 0.0464. The van der Waals surface area contributed by atoms with Crippen LogP contribution in [0.5, 0.6) is 0 Å². The molecule has 1 aromatic heterocycles. The SMILES string of the molecule is Cc1noc(C)c1CNC(=O)N[C@@H](C)c1ccc2c(c1)CCC(=O)N2. The third kappa shape index (κ3) is 3.81. The maximum atomic E-state index is 12.1. The van der Waals surface area contributed by atoms with E-state index in [-0.39, 0.29) is 18.0 Å². The van der Waals surface area contributed by atoms with Gasteiger partial charge in [-0.2, -0.15) is 0 Å². The fourth-order valence-electron chi connectivity index (χ4n) is 2.93. The van der Waals surface area contributed by atoms with Gasteiger partial charge in [-0.1, -0.05) is 17.3 Å². The highest BCUT2D eigenvalue weighted by atomic mass is 16.5. The molecule has 1 aliphatic heterocycles. The zero-order chi connectivity index (χ0) is 18.0. The van der Waals surface area contributed by atoms with E-state index in [1.54, 1.807) is 0 Å². The summed E-state index contributed by atoms with van der Waals surface area (Å²) in [5.41, 5.74) is 4.63. The fraction of sp³-hybridized carbons (Fsp3) is 0.389. The molecule has 1 atom stereocenters. The Labute approximate surface area is 146 Å². The van der Waals surface area contributed by atoms with Crippen LogP contribution in [0.3, 0.4) is 0 Å². The topological polar surface area (TPSA) is 96.3 Å². The number of aryl methyl sites for hydroxylation is 3. The summed E-state index contributed by atoms with van der Waals surface area (Å²) in [6.45, 7) is 5.97. The van der Waals surface area contributed by atoms with Crippen molar-refractivity contribution in [1.29, 1.82) is 0 Å². The second-order valence-corrected chi connectivity index (χ2v) is 6.32. The Morgan fingerprint density at radius 2 is 2.16 bits per heavy atom. The molecular weight excluding hydrogens is 320 g/mol. The minimum atomic E-state index is -0.251. The van der Waals surface area contributed by atoms with Crippen LogP contribution < -0.4 is 16.0 Å². The Morgan fingerprint density at radius 3 is 2.88 bits per heavy atom. The van der Waals surface area contributed by atoms with Crippen LogP contribution in [0.4, 0.5) is 10.5 Å². The van der Waals surface area contributed by atoms with Gasteiger partial charge >= 0.3 is 6.03 Å². The van der Waals surface area contributed by atoms with Crippen molar-refractivity contribution in [1.82, 2.24) is 15.8 Å². The van der Waals surface area contributed by atoms with Gasteiger partial charge in [-0.05, 0) is 44.4 Å². The van der Waals surface area contributed by atoms with E-state index >= 15 is 0 Å². The molecule has 2 heterocycles. The molecule has 2 aromatic rings. The molecule has 0 radical (unpaired) electrons. The lowest BCUT2D eigenvalue weighted by Crippen LogP contribution is -2.36. The van der Waals surface area contributed by atoms with Crippen LogP contribution in [0.1, 0.15) is 47.5 Å². The maximum Gasteiger partial charge on any atom is 0.315 e. The van der Waals surface area contributed by atoms with Crippen LogP contribution in [-0.4, -0.2) is 17.1 Å². The first-order valence-electron chi connectivity index (χ1n) is 8.33. The van der Waals surface area contributed by atoms with Crippen molar-refractivity contribution < 1.29 is 14.1 Å². The molecule has 0 saturated heterocycles. The third-order valence-electron chi connectivity index (χ3n) is 4.48. The first-order chi connectivity index (χ1) is 11.9. The van der Waals surface area contributed by atoms with E-state index in [0.717, 1.165) is 34.5 Å². The van der Waals surface area contributed by atoms with Crippen LogP contribution in [0.2, 0.25) is 0 Å². The van der Waals surface area contributed by atoms with Crippen LogP contribution >= 0.6 is 0 Å². The molecule has 3 N–H and O–H groups in total. The van der Waals surface area contributed by atoms with Gasteiger partial charge in [0.2, 0.25) is 5.91 Å². The monoisotopic (exact) mass is 342 g/mol. The summed E-state index contributed by atoms with van der Waals surface area (Å²) in [4.78, 5) is 23.6. The largest absolute Gasteiger partial charge is 0.361 e. The van der Waals surface area contributed by atoms with Gasteiger partial charge in [0.05, 0.1) is 11.7 Å². The number of hydrogen-bond acceptors (Lipinski definition) is 4. The Morgan fingerprint density at radius 1 is 1.36 bits per heavy atom. The molecule has 3 amide bonds. The minimum Gasteiger partial charge on any atom is -0.361 e. The van der Waals surface area contributed by atoms with Crippen molar-refractivity contribution in [3.05, 3.63) is 46.3 Å². The number of amides is 3. The van der Waals surface area contributed by atoms with E-state index in [4.69, 9.17) is 4.52 Å². The summed E-state index contributed by atoms with van der Waals surface area (Å²) >= 11 is 0. The van der Waals surface area contributed by atoms with Gasteiger partial charge < -0.3 is 20.5 Å². The van der Waals surface area contributed by atoms with Gasteiger partial charge in [0.1, 0.15) is 5.76 Å². The molecule has 25 heavy (non-hydrogen) atoms. The molecule has 132 valence electrons. The predicted octanol–water partition coefficient (Wildman–Crippen LogP) is 2.74. The van der Waals surface area contributed by atoms with E-state index < -0.39 is 0 Å². The number of anilines is 1. The number of nitrogens with one attached hydrogen (secondary N) is 3. The number of aromatic nitrogens is 1. The van der Waals surface area contributed by atoms with E-state index in [1.807, 2.05) is 39.0 Å². The lowest BCUT2D eigenvalue weighted by atomic mass is 9.98. The van der Waals surface area contributed by atoms with Gasteiger partial charge in [-0.15, -0.1) is 0 Å². The molecule has 0 aliphatic carbocycles. The van der Waals surface area contributed by atoms with Crippen LogP contribution in [0, 0.1) is 13.8 Å². The van der Waals surface area contributed by atoms with E-state index in [1.165, 1.54) is 0 Å². The molecular formula is C18H22N4O3. The quantitative estimate of drug-likeness (QED) is 0.796. The van der Waals surface area contributed by atoms with Crippen LogP contribution in [-0.2, 0) is 17.8 Å². The molecule has 1 aromatic carbocycles. The summed E-state index contributed by atoms with van der Waals surface area (Å²) in [5.74, 6) is 0.757. The average molecular weight is 342 g/mol. The van der Waals surface area contributed by atoms with Crippen molar-refractivity contribution in [3.63, 3.8) is 0 Å². The highest BCUT2D eigenvalue weighted by molar-refractivity contribution is 5.93. The third-order valence-corrected chi connectivity index (χ3v) is 4.48. The number of hydrogen-bond donors (Lipinski definition) is 3. The number of rotatable bonds is 4. The van der Waals surface area contributed by atoms with Gasteiger partial charge in [0.25, 0.3) is 0 Å². The predicted molar refractivity (Wildman–Crippen MR) is 93.2 cm³/mol. The second kappa shape index (κ2) is 6.96. The van der Waals surface area contributed by atoms with Crippen molar-refractivity contribution in [3.8, 4) is 0 Å². The number of carbonyl (C=O) groups is 2. The van der Waals surface area contributed by atoms with E-state index in [0.29, 0.717) is 18.7 Å². The summed E-state index contributed by atoms with van der Waals surface area (Å²) in [7, 11) is 0. The summed E-state index contributed by atoms with van der Waals surface area (Å²) in [5, 5.41) is 12.5. The number of carbonyl (C=O) groups excluding carboxylic acids is 2. The number of benzene rings is 1. The Hall–Kier alpha value is -2.83. The zero-order valence-electron chi connectivity index (χ0n) is 14.6. The number of fused-ring (bicyclic) bond motifs is 1. The van der Waals surface area contributed by atoms with Crippen molar-refractivity contribution in [2.24, 2.45) is 0 Å². The van der Waals surface area contributed by atoms with Gasteiger partial charge in [-0.3, -0.25) is 4.79 Å². The molecule has 0 bridgehead atoms. The lowest BCUT2D eigenvalue weighted by Gasteiger charge is -2.20. The van der Waals surface area contributed by atoms with E-state index in [9.17, 15) is 9.59 Å². The average Bonchev–Trinajstić information content (AvgIpc) is 2.90. The summed E-state index contributed by atoms with van der Waals surface area (Å²) in [6, 6.07) is 5.45. The highest BCUT2D eigenvalue weighted by Gasteiger charge is 2.17. The molecule has 0 unspecified atom stereocenters. The molecule has 0 fully saturated rings. The van der Waals surface area contributed by atoms with Gasteiger partial charge in [0, 0.05) is 24.2 Å². The molecule has 7 nitrogen and oxygen atoms in total. The van der Waals surface area contributed by atoms with Crippen molar-refractivity contribution >= 4 is 17.6 Å². The number of nitrogens with zero attached hydrogens (tertiary/aromatic N) is 1. The first-order valence-corrected chi connectivity index (χ1v) is 8.33. The fourth-order valence-corrected chi connectivity index (χ4v) is 2.93. The lowest BCUT2D eigenvalue weighted by molar-refractivity contribution is -0.116. The summed E-state index contributed by atoms with van der Waals surface area (Å²) in [6.07, 6.45) is 1.22. The van der Waals surface area contributed by atoms with Crippen LogP contribution in [0.25, 0.3) is 0 Å². The summed E-state index contributed by atoms with van der Waals surface area (Å²) < 4.78 is 5.09. The standard InChI is InChI=1S/C18H22N4O3/c1-10(13-4-6-16-14(8-13)5-7-17(23)21-16)20-18(24)19-9-15-11(2)22-25-12(15)3/h4,6,8,10H,5,7,9H2,1-3H3,(H,21,23)(H2,19,20,24)/t10-/m0/s1. The molecule has 3 rings (SSSR count). The smallest absolute Gasteiger partial charge is 0.315 e. The van der Waals surface area contributed by atoms with Gasteiger partial charge in [-0.25, -0.2) is 4.79 Å². The van der Waals surface area contributed by atoms with Crippen molar-refractivity contribution in [2.45, 2.75) is 46.2 Å². The Bertz CT molecular complexity index is 793. The normalized spacial score (nSPS) is 14.4.